The van der Waals surface area contributed by atoms with Crippen LogP contribution in [-0.2, 0) is 0 Å². The summed E-state index contributed by atoms with van der Waals surface area (Å²) in [6.45, 7) is 0. The number of benzene rings is 2. The minimum atomic E-state index is -0.858. The average molecular weight is 275 g/mol. The summed E-state index contributed by atoms with van der Waals surface area (Å²) in [5.41, 5.74) is 1.17. The van der Waals surface area contributed by atoms with E-state index in [1.54, 1.807) is 6.07 Å². The van der Waals surface area contributed by atoms with Crippen molar-refractivity contribution in [3.63, 3.8) is 0 Å². The van der Waals surface area contributed by atoms with Crippen LogP contribution >= 0.6 is 0 Å². The van der Waals surface area contributed by atoms with Crippen LogP contribution in [-0.4, -0.2) is 19.0 Å². The molecule has 6 heteroatoms. The van der Waals surface area contributed by atoms with E-state index in [0.29, 0.717) is 5.69 Å². The Labute approximate surface area is 115 Å². The topological polar surface area (TPSA) is 58.4 Å². The number of nitrogens with one attached hydrogen (secondary N) is 1. The van der Waals surface area contributed by atoms with E-state index >= 15 is 0 Å². The van der Waals surface area contributed by atoms with Gasteiger partial charge in [0.05, 0.1) is 4.92 Å². The van der Waals surface area contributed by atoms with Crippen molar-refractivity contribution < 1.29 is 9.31 Å². The molecule has 2 aromatic carbocycles. The molecule has 2 rings (SSSR count). The fraction of sp³-hybridized carbons (Fsp3) is 0.143. The molecule has 2 aromatic rings. The van der Waals surface area contributed by atoms with Crippen molar-refractivity contribution in [1.82, 2.24) is 0 Å². The zero-order chi connectivity index (χ0) is 14.7. The molecule has 5 nitrogen and oxygen atoms in total. The van der Waals surface area contributed by atoms with Gasteiger partial charge in [-0.15, -0.1) is 0 Å². The Bertz CT molecular complexity index is 644. The molecule has 20 heavy (non-hydrogen) atoms. The lowest BCUT2D eigenvalue weighted by atomic mass is 10.2. The Balaban J connectivity index is 2.38. The second-order valence-corrected chi connectivity index (χ2v) is 4.46. The van der Waals surface area contributed by atoms with E-state index in [9.17, 15) is 14.5 Å². The molecule has 0 aromatic heterocycles. The van der Waals surface area contributed by atoms with Crippen LogP contribution < -0.4 is 10.2 Å². The zero-order valence-electron chi connectivity index (χ0n) is 11.1. The molecule has 0 aliphatic rings. The molecule has 0 saturated carbocycles. The van der Waals surface area contributed by atoms with Crippen LogP contribution in [0.25, 0.3) is 0 Å². The van der Waals surface area contributed by atoms with Crippen LogP contribution in [0.2, 0.25) is 0 Å². The number of nitro benzene ring substituents is 1. The first-order valence-electron chi connectivity index (χ1n) is 5.96. The molecular weight excluding hydrogens is 261 g/mol. The number of hydrogen-bond donors (Lipinski definition) is 1. The van der Waals surface area contributed by atoms with Crippen molar-refractivity contribution in [2.45, 2.75) is 0 Å². The van der Waals surface area contributed by atoms with Crippen molar-refractivity contribution >= 4 is 22.7 Å². The van der Waals surface area contributed by atoms with Crippen molar-refractivity contribution in [3.05, 3.63) is 58.4 Å². The molecule has 0 bridgehead atoms. The molecule has 0 unspecified atom stereocenters. The largest absolute Gasteiger partial charge is 0.378 e. The van der Waals surface area contributed by atoms with E-state index in [0.717, 1.165) is 11.8 Å². The maximum atomic E-state index is 13.5. The van der Waals surface area contributed by atoms with Gasteiger partial charge in [0.2, 0.25) is 5.82 Å². The van der Waals surface area contributed by atoms with Gasteiger partial charge < -0.3 is 10.2 Å². The van der Waals surface area contributed by atoms with E-state index in [2.05, 4.69) is 5.32 Å². The maximum absolute atomic E-state index is 13.5. The molecular formula is C14H14FN3O2. The molecule has 0 amide bonds. The lowest BCUT2D eigenvalue weighted by Gasteiger charge is -2.14. The first-order chi connectivity index (χ1) is 9.49. The van der Waals surface area contributed by atoms with Gasteiger partial charge >= 0.3 is 5.69 Å². The summed E-state index contributed by atoms with van der Waals surface area (Å²) in [4.78, 5) is 12.1. The van der Waals surface area contributed by atoms with E-state index in [4.69, 9.17) is 0 Å². The Kier molecular flexibility index (Phi) is 3.84. The fourth-order valence-electron chi connectivity index (χ4n) is 1.82. The number of nitrogens with zero attached hydrogens (tertiary/aromatic N) is 2. The number of nitro groups is 1. The van der Waals surface area contributed by atoms with Gasteiger partial charge in [0.25, 0.3) is 0 Å². The zero-order valence-corrected chi connectivity index (χ0v) is 11.1. The van der Waals surface area contributed by atoms with E-state index in [1.807, 2.05) is 37.2 Å². The second kappa shape index (κ2) is 5.56. The lowest BCUT2D eigenvalue weighted by molar-refractivity contribution is -0.386. The van der Waals surface area contributed by atoms with Crippen molar-refractivity contribution in [3.8, 4) is 0 Å². The molecule has 0 saturated heterocycles. The second-order valence-electron chi connectivity index (χ2n) is 4.46. The van der Waals surface area contributed by atoms with Crippen LogP contribution in [0.3, 0.4) is 0 Å². The summed E-state index contributed by atoms with van der Waals surface area (Å²) in [5.74, 6) is -0.858. The third-order valence-electron chi connectivity index (χ3n) is 2.81. The van der Waals surface area contributed by atoms with Gasteiger partial charge in [-0.1, -0.05) is 12.1 Å². The fourth-order valence-corrected chi connectivity index (χ4v) is 1.82. The van der Waals surface area contributed by atoms with Crippen molar-refractivity contribution in [2.24, 2.45) is 0 Å². The molecule has 104 valence electrons. The predicted octanol–water partition coefficient (Wildman–Crippen LogP) is 3.54. The van der Waals surface area contributed by atoms with Crippen LogP contribution in [0.4, 0.5) is 27.1 Å². The Morgan fingerprint density at radius 1 is 1.20 bits per heavy atom. The molecule has 0 aliphatic heterocycles. The average Bonchev–Trinajstić information content (AvgIpc) is 2.38. The predicted molar refractivity (Wildman–Crippen MR) is 77.1 cm³/mol. The highest BCUT2D eigenvalue weighted by atomic mass is 19.1. The number of hydrogen-bond acceptors (Lipinski definition) is 4. The molecule has 0 radical (unpaired) electrons. The van der Waals surface area contributed by atoms with Crippen LogP contribution in [0.1, 0.15) is 0 Å². The maximum Gasteiger partial charge on any atom is 0.327 e. The van der Waals surface area contributed by atoms with Gasteiger partial charge in [0, 0.05) is 25.5 Å². The first-order valence-corrected chi connectivity index (χ1v) is 5.96. The summed E-state index contributed by atoms with van der Waals surface area (Å²) in [6, 6.07) is 11.3. The van der Waals surface area contributed by atoms with Gasteiger partial charge in [-0.25, -0.2) is 0 Å². The van der Waals surface area contributed by atoms with Crippen molar-refractivity contribution in [1.29, 1.82) is 0 Å². The van der Waals surface area contributed by atoms with Crippen molar-refractivity contribution in [2.75, 3.05) is 24.3 Å². The number of anilines is 3. The monoisotopic (exact) mass is 275 g/mol. The van der Waals surface area contributed by atoms with E-state index < -0.39 is 16.4 Å². The highest BCUT2D eigenvalue weighted by molar-refractivity contribution is 5.71. The van der Waals surface area contributed by atoms with E-state index in [-0.39, 0.29) is 5.69 Å². The molecule has 0 aliphatic carbocycles. The van der Waals surface area contributed by atoms with Gasteiger partial charge in [0.1, 0.15) is 5.69 Å². The highest BCUT2D eigenvalue weighted by Gasteiger charge is 2.19. The smallest absolute Gasteiger partial charge is 0.327 e. The quantitative estimate of drug-likeness (QED) is 0.685. The Morgan fingerprint density at radius 3 is 2.55 bits per heavy atom. The molecule has 1 N–H and O–H groups in total. The third-order valence-corrected chi connectivity index (χ3v) is 2.81. The van der Waals surface area contributed by atoms with Crippen LogP contribution in [0.15, 0.2) is 42.5 Å². The molecule has 0 fully saturated rings. The van der Waals surface area contributed by atoms with Crippen LogP contribution in [0, 0.1) is 15.9 Å². The third kappa shape index (κ3) is 2.85. The first kappa shape index (κ1) is 13.8. The number of rotatable bonds is 4. The Hall–Kier alpha value is -2.63. The summed E-state index contributed by atoms with van der Waals surface area (Å²) in [5, 5.41) is 13.8. The van der Waals surface area contributed by atoms with Gasteiger partial charge in [-0.2, -0.15) is 4.39 Å². The highest BCUT2D eigenvalue weighted by Crippen LogP contribution is 2.30. The Morgan fingerprint density at radius 2 is 1.90 bits per heavy atom. The minimum absolute atomic E-state index is 0.130. The van der Waals surface area contributed by atoms with Gasteiger partial charge in [-0.05, 0) is 30.3 Å². The summed E-state index contributed by atoms with van der Waals surface area (Å²) >= 11 is 0. The molecule has 0 heterocycles. The van der Waals surface area contributed by atoms with Crippen LogP contribution in [0.5, 0.6) is 0 Å². The standard InChI is InChI=1S/C14H14FN3O2/c1-17(2)11-6-3-5-10(9-11)16-13-8-4-7-12(15)14(13)18(19)20/h3-9,16H,1-2H3. The number of halogens is 1. The summed E-state index contributed by atoms with van der Waals surface area (Å²) in [7, 11) is 3.79. The summed E-state index contributed by atoms with van der Waals surface area (Å²) in [6.07, 6.45) is 0. The normalized spacial score (nSPS) is 10.2. The minimum Gasteiger partial charge on any atom is -0.378 e. The molecule has 0 spiro atoms. The van der Waals surface area contributed by atoms with Gasteiger partial charge in [0.15, 0.2) is 0 Å². The lowest BCUT2D eigenvalue weighted by Crippen LogP contribution is -2.08. The summed E-state index contributed by atoms with van der Waals surface area (Å²) < 4.78 is 13.5. The van der Waals surface area contributed by atoms with Gasteiger partial charge in [-0.3, -0.25) is 10.1 Å². The molecule has 0 atom stereocenters. The SMILES string of the molecule is CN(C)c1cccc(Nc2cccc(F)c2[N+](=O)[O-])c1. The number of para-hydroxylation sites is 1. The van der Waals surface area contributed by atoms with E-state index in [1.165, 1.54) is 12.1 Å².